The van der Waals surface area contributed by atoms with Gasteiger partial charge in [-0.3, -0.25) is 0 Å². The van der Waals surface area contributed by atoms with Crippen LogP contribution in [0.2, 0.25) is 0 Å². The second-order valence-electron chi connectivity index (χ2n) is 4.90. The first-order valence-electron chi connectivity index (χ1n) is 6.31. The standard InChI is InChI=1S/C15H23NO/c1-11(2)13-6-8-14(9-7-13)15(16-4)10-5-12(3)17/h6-9,11,15-16H,5,10H2,1-4H3. The highest BCUT2D eigenvalue weighted by molar-refractivity contribution is 5.75. The number of carbonyl (C=O) groups excluding carboxylic acids is 1. The van der Waals surface area contributed by atoms with Gasteiger partial charge >= 0.3 is 0 Å². The zero-order valence-electron chi connectivity index (χ0n) is 11.3. The third-order valence-electron chi connectivity index (χ3n) is 3.14. The number of benzene rings is 1. The molecule has 0 bridgehead atoms. The molecule has 2 nitrogen and oxygen atoms in total. The Labute approximate surface area is 104 Å². The largest absolute Gasteiger partial charge is 0.313 e. The first kappa shape index (κ1) is 13.9. The van der Waals surface area contributed by atoms with Gasteiger partial charge in [0.05, 0.1) is 0 Å². The van der Waals surface area contributed by atoms with Crippen molar-refractivity contribution in [1.29, 1.82) is 0 Å². The van der Waals surface area contributed by atoms with Crippen molar-refractivity contribution in [3.05, 3.63) is 35.4 Å². The Morgan fingerprint density at radius 1 is 1.18 bits per heavy atom. The monoisotopic (exact) mass is 233 g/mol. The molecule has 0 spiro atoms. The summed E-state index contributed by atoms with van der Waals surface area (Å²) in [6, 6.07) is 8.96. The fraction of sp³-hybridized carbons (Fsp3) is 0.533. The molecule has 94 valence electrons. The average Bonchev–Trinajstić information content (AvgIpc) is 2.30. The van der Waals surface area contributed by atoms with E-state index >= 15 is 0 Å². The molecule has 2 heteroatoms. The van der Waals surface area contributed by atoms with Gasteiger partial charge in [0, 0.05) is 12.5 Å². The molecule has 0 saturated heterocycles. The van der Waals surface area contributed by atoms with E-state index in [9.17, 15) is 4.79 Å². The smallest absolute Gasteiger partial charge is 0.129 e. The molecule has 1 atom stereocenters. The van der Waals surface area contributed by atoms with E-state index in [1.54, 1.807) is 6.92 Å². The van der Waals surface area contributed by atoms with Gasteiger partial charge in [0.1, 0.15) is 5.78 Å². The zero-order valence-corrected chi connectivity index (χ0v) is 11.3. The van der Waals surface area contributed by atoms with Gasteiger partial charge in [0.25, 0.3) is 0 Å². The van der Waals surface area contributed by atoms with Gasteiger partial charge in [-0.05, 0) is 37.4 Å². The van der Waals surface area contributed by atoms with Crippen LogP contribution in [0.25, 0.3) is 0 Å². The Kier molecular flexibility index (Phi) is 5.36. The summed E-state index contributed by atoms with van der Waals surface area (Å²) in [6.45, 7) is 6.04. The van der Waals surface area contributed by atoms with E-state index in [1.807, 2.05) is 7.05 Å². The predicted octanol–water partition coefficient (Wildman–Crippen LogP) is 3.44. The highest BCUT2D eigenvalue weighted by atomic mass is 16.1. The molecule has 0 amide bonds. The van der Waals surface area contributed by atoms with Crippen molar-refractivity contribution in [3.8, 4) is 0 Å². The molecular weight excluding hydrogens is 210 g/mol. The summed E-state index contributed by atoms with van der Waals surface area (Å²) < 4.78 is 0. The summed E-state index contributed by atoms with van der Waals surface area (Å²) in [4.78, 5) is 11.0. The summed E-state index contributed by atoms with van der Waals surface area (Å²) in [5.41, 5.74) is 2.62. The fourth-order valence-corrected chi connectivity index (χ4v) is 1.94. The highest BCUT2D eigenvalue weighted by Crippen LogP contribution is 2.21. The minimum atomic E-state index is 0.254. The lowest BCUT2D eigenvalue weighted by Crippen LogP contribution is -2.17. The lowest BCUT2D eigenvalue weighted by Gasteiger charge is -2.17. The maximum atomic E-state index is 11.0. The minimum Gasteiger partial charge on any atom is -0.313 e. The summed E-state index contributed by atoms with van der Waals surface area (Å²) in [5.74, 6) is 0.818. The molecule has 0 fully saturated rings. The van der Waals surface area contributed by atoms with Gasteiger partial charge in [-0.1, -0.05) is 38.1 Å². The van der Waals surface area contributed by atoms with Crippen LogP contribution in [-0.2, 0) is 4.79 Å². The van der Waals surface area contributed by atoms with E-state index in [0.717, 1.165) is 6.42 Å². The molecule has 17 heavy (non-hydrogen) atoms. The van der Waals surface area contributed by atoms with Crippen molar-refractivity contribution in [2.75, 3.05) is 7.05 Å². The Morgan fingerprint density at radius 3 is 2.12 bits per heavy atom. The number of nitrogens with one attached hydrogen (secondary N) is 1. The van der Waals surface area contributed by atoms with Crippen molar-refractivity contribution >= 4 is 5.78 Å². The van der Waals surface area contributed by atoms with Crippen LogP contribution in [0.15, 0.2) is 24.3 Å². The summed E-state index contributed by atoms with van der Waals surface area (Å²) >= 11 is 0. The fourth-order valence-electron chi connectivity index (χ4n) is 1.94. The molecule has 0 aliphatic rings. The summed E-state index contributed by atoms with van der Waals surface area (Å²) in [7, 11) is 1.95. The first-order chi connectivity index (χ1) is 8.04. The molecule has 0 saturated carbocycles. The van der Waals surface area contributed by atoms with Gasteiger partial charge in [0.2, 0.25) is 0 Å². The molecule has 1 rings (SSSR count). The van der Waals surface area contributed by atoms with E-state index in [-0.39, 0.29) is 11.8 Å². The second kappa shape index (κ2) is 6.55. The predicted molar refractivity (Wildman–Crippen MR) is 72.2 cm³/mol. The van der Waals surface area contributed by atoms with Crippen molar-refractivity contribution in [2.45, 2.75) is 45.6 Å². The third-order valence-corrected chi connectivity index (χ3v) is 3.14. The quantitative estimate of drug-likeness (QED) is 0.815. The molecule has 0 aliphatic carbocycles. The number of ketones is 1. The molecule has 0 heterocycles. The number of Topliss-reactive ketones (excluding diaryl/α,β-unsaturated/α-hetero) is 1. The Morgan fingerprint density at radius 2 is 1.71 bits per heavy atom. The van der Waals surface area contributed by atoms with Crippen LogP contribution >= 0.6 is 0 Å². The average molecular weight is 233 g/mol. The third kappa shape index (κ3) is 4.31. The number of carbonyl (C=O) groups is 1. The van der Waals surface area contributed by atoms with Crippen LogP contribution < -0.4 is 5.32 Å². The maximum absolute atomic E-state index is 11.0. The van der Waals surface area contributed by atoms with Gasteiger partial charge in [-0.2, -0.15) is 0 Å². The molecule has 0 aromatic heterocycles. The molecule has 0 radical (unpaired) electrons. The van der Waals surface area contributed by atoms with E-state index in [1.165, 1.54) is 11.1 Å². The lowest BCUT2D eigenvalue weighted by atomic mass is 9.96. The van der Waals surface area contributed by atoms with E-state index in [2.05, 4.69) is 43.4 Å². The Hall–Kier alpha value is -1.15. The van der Waals surface area contributed by atoms with Crippen LogP contribution in [0.1, 0.15) is 56.7 Å². The van der Waals surface area contributed by atoms with Gasteiger partial charge in [-0.15, -0.1) is 0 Å². The first-order valence-corrected chi connectivity index (χ1v) is 6.31. The topological polar surface area (TPSA) is 29.1 Å². The van der Waals surface area contributed by atoms with Crippen molar-refractivity contribution in [2.24, 2.45) is 0 Å². The van der Waals surface area contributed by atoms with Crippen molar-refractivity contribution in [3.63, 3.8) is 0 Å². The van der Waals surface area contributed by atoms with Crippen LogP contribution in [0.3, 0.4) is 0 Å². The van der Waals surface area contributed by atoms with Crippen LogP contribution in [0, 0.1) is 0 Å². The highest BCUT2D eigenvalue weighted by Gasteiger charge is 2.10. The van der Waals surface area contributed by atoms with Gasteiger partial charge in [-0.25, -0.2) is 0 Å². The van der Waals surface area contributed by atoms with Crippen LogP contribution in [-0.4, -0.2) is 12.8 Å². The van der Waals surface area contributed by atoms with Crippen molar-refractivity contribution in [1.82, 2.24) is 5.32 Å². The molecule has 1 aromatic carbocycles. The molecule has 1 aromatic rings. The maximum Gasteiger partial charge on any atom is 0.129 e. The lowest BCUT2D eigenvalue weighted by molar-refractivity contribution is -0.117. The molecule has 0 aliphatic heterocycles. The second-order valence-corrected chi connectivity index (χ2v) is 4.90. The zero-order chi connectivity index (χ0) is 12.8. The molecule has 1 unspecified atom stereocenters. The van der Waals surface area contributed by atoms with Crippen molar-refractivity contribution < 1.29 is 4.79 Å². The number of hydrogen-bond acceptors (Lipinski definition) is 2. The summed E-state index contributed by atoms with van der Waals surface area (Å²) in [6.07, 6.45) is 1.50. The summed E-state index contributed by atoms with van der Waals surface area (Å²) in [5, 5.41) is 3.27. The molecular formula is C15H23NO. The number of rotatable bonds is 6. The van der Waals surface area contributed by atoms with E-state index < -0.39 is 0 Å². The Bertz CT molecular complexity index is 354. The number of hydrogen-bond donors (Lipinski definition) is 1. The van der Waals surface area contributed by atoms with Gasteiger partial charge < -0.3 is 10.1 Å². The van der Waals surface area contributed by atoms with Gasteiger partial charge in [0.15, 0.2) is 0 Å². The SMILES string of the molecule is CNC(CCC(C)=O)c1ccc(C(C)C)cc1. The van der Waals surface area contributed by atoms with Crippen LogP contribution in [0.4, 0.5) is 0 Å². The minimum absolute atomic E-state index is 0.254. The van der Waals surface area contributed by atoms with E-state index in [0.29, 0.717) is 12.3 Å². The Balaban J connectivity index is 2.71. The normalized spacial score (nSPS) is 12.8. The molecule has 1 N–H and O–H groups in total. The van der Waals surface area contributed by atoms with Crippen LogP contribution in [0.5, 0.6) is 0 Å². The van der Waals surface area contributed by atoms with E-state index in [4.69, 9.17) is 0 Å².